The molecule has 2 bridgehead atoms. The average Bonchev–Trinajstić information content (AvgIpc) is 2.84. The molecule has 1 aliphatic carbocycles. The third-order valence-corrected chi connectivity index (χ3v) is 6.89. The maximum atomic E-state index is 12.1. The van der Waals surface area contributed by atoms with Crippen LogP contribution in [0.1, 0.15) is 59.3 Å². The van der Waals surface area contributed by atoms with Crippen LogP contribution >= 0.6 is 0 Å². The Balaban J connectivity index is 1.58. The molecule has 152 valence electrons. The number of ether oxygens (including phenoxy) is 3. The van der Waals surface area contributed by atoms with E-state index in [0.29, 0.717) is 12.3 Å². The zero-order valence-electron chi connectivity index (χ0n) is 16.0. The molecule has 5 fully saturated rings. The first-order chi connectivity index (χ1) is 12.7. The number of hydrogen-bond donors (Lipinski definition) is 1. The molecule has 0 aromatic carbocycles. The van der Waals surface area contributed by atoms with Gasteiger partial charge in [-0.2, -0.15) is 0 Å². The highest BCUT2D eigenvalue weighted by molar-refractivity contribution is 5.76. The maximum absolute atomic E-state index is 12.1. The number of carbonyl (C=O) groups is 2. The largest absolute Gasteiger partial charge is 0.481 e. The lowest BCUT2D eigenvalue weighted by Crippen LogP contribution is -2.70. The Morgan fingerprint density at radius 2 is 1.89 bits per heavy atom. The van der Waals surface area contributed by atoms with E-state index in [0.717, 1.165) is 19.3 Å². The van der Waals surface area contributed by atoms with Crippen molar-refractivity contribution in [3.63, 3.8) is 0 Å². The second kappa shape index (κ2) is 6.69. The SMILES string of the molecule is C[C@H]1[C@@H](OC(=O)CCC(=O)O)O[C@@H]2O[C@]3(C)CC[C@H]4[C@H](C)CC[C@@H]1C24OO3. The molecule has 0 aromatic heterocycles. The molecule has 4 heterocycles. The normalized spacial score (nSPS) is 48.4. The van der Waals surface area contributed by atoms with Crippen molar-refractivity contribution < 1.29 is 38.7 Å². The number of carboxylic acids is 1. The van der Waals surface area contributed by atoms with E-state index in [9.17, 15) is 9.59 Å². The lowest BCUT2D eigenvalue weighted by Gasteiger charge is -2.59. The van der Waals surface area contributed by atoms with Crippen molar-refractivity contribution in [2.45, 2.75) is 83.3 Å². The number of rotatable bonds is 4. The van der Waals surface area contributed by atoms with E-state index < -0.39 is 35.9 Å². The lowest BCUT2D eigenvalue weighted by atomic mass is 9.58. The van der Waals surface area contributed by atoms with Gasteiger partial charge in [0.15, 0.2) is 11.9 Å². The molecule has 1 spiro atoms. The van der Waals surface area contributed by atoms with Crippen molar-refractivity contribution in [2.24, 2.45) is 23.7 Å². The number of esters is 1. The van der Waals surface area contributed by atoms with Gasteiger partial charge in [0.05, 0.1) is 12.8 Å². The average molecular weight is 384 g/mol. The second-order valence-electron chi connectivity index (χ2n) is 8.66. The second-order valence-corrected chi connectivity index (χ2v) is 8.66. The Bertz CT molecular complexity index is 623. The monoisotopic (exact) mass is 384 g/mol. The van der Waals surface area contributed by atoms with Gasteiger partial charge in [0.2, 0.25) is 12.1 Å². The Labute approximate surface area is 158 Å². The first-order valence-electron chi connectivity index (χ1n) is 9.86. The van der Waals surface area contributed by atoms with Crippen LogP contribution in [-0.4, -0.2) is 41.0 Å². The molecule has 5 aliphatic rings. The minimum Gasteiger partial charge on any atom is -0.481 e. The molecule has 0 radical (unpaired) electrons. The fourth-order valence-corrected chi connectivity index (χ4v) is 5.40. The highest BCUT2D eigenvalue weighted by atomic mass is 17.3. The van der Waals surface area contributed by atoms with Gasteiger partial charge in [-0.25, -0.2) is 9.78 Å². The molecule has 1 saturated carbocycles. The van der Waals surface area contributed by atoms with Crippen molar-refractivity contribution in [1.82, 2.24) is 0 Å². The van der Waals surface area contributed by atoms with E-state index in [-0.39, 0.29) is 30.6 Å². The quantitative estimate of drug-likeness (QED) is 0.583. The van der Waals surface area contributed by atoms with Crippen molar-refractivity contribution >= 4 is 11.9 Å². The molecule has 4 aliphatic heterocycles. The van der Waals surface area contributed by atoms with Gasteiger partial charge in [0, 0.05) is 18.3 Å². The van der Waals surface area contributed by atoms with Gasteiger partial charge >= 0.3 is 11.9 Å². The molecule has 1 unspecified atom stereocenters. The first kappa shape index (κ1) is 19.1. The summed E-state index contributed by atoms with van der Waals surface area (Å²) >= 11 is 0. The van der Waals surface area contributed by atoms with Crippen molar-refractivity contribution in [3.05, 3.63) is 0 Å². The van der Waals surface area contributed by atoms with Crippen LogP contribution in [0.2, 0.25) is 0 Å². The van der Waals surface area contributed by atoms with Gasteiger partial charge in [-0.1, -0.05) is 13.8 Å². The predicted octanol–water partition coefficient (Wildman–Crippen LogP) is 2.60. The fourth-order valence-electron chi connectivity index (χ4n) is 5.40. The summed E-state index contributed by atoms with van der Waals surface area (Å²) in [6.07, 6.45) is 1.72. The summed E-state index contributed by atoms with van der Waals surface area (Å²) in [5.74, 6) is -1.82. The molecule has 4 saturated heterocycles. The van der Waals surface area contributed by atoms with Gasteiger partial charge in [-0.3, -0.25) is 9.59 Å². The van der Waals surface area contributed by atoms with Crippen LogP contribution in [0.15, 0.2) is 0 Å². The van der Waals surface area contributed by atoms with E-state index in [1.165, 1.54) is 0 Å². The molecule has 5 rings (SSSR count). The van der Waals surface area contributed by atoms with Gasteiger partial charge in [0.1, 0.15) is 0 Å². The summed E-state index contributed by atoms with van der Waals surface area (Å²) in [6.45, 7) is 6.06. The summed E-state index contributed by atoms with van der Waals surface area (Å²) in [4.78, 5) is 34.5. The summed E-state index contributed by atoms with van der Waals surface area (Å²) < 4.78 is 17.8. The Morgan fingerprint density at radius 1 is 1.11 bits per heavy atom. The molecule has 1 N–H and O–H groups in total. The van der Waals surface area contributed by atoms with Crippen LogP contribution in [0.5, 0.6) is 0 Å². The summed E-state index contributed by atoms with van der Waals surface area (Å²) in [7, 11) is 0. The van der Waals surface area contributed by atoms with Crippen LogP contribution < -0.4 is 0 Å². The van der Waals surface area contributed by atoms with E-state index in [1.54, 1.807) is 0 Å². The Morgan fingerprint density at radius 3 is 2.63 bits per heavy atom. The zero-order chi connectivity index (χ0) is 19.4. The zero-order valence-corrected chi connectivity index (χ0v) is 16.0. The van der Waals surface area contributed by atoms with Crippen LogP contribution in [0.4, 0.5) is 0 Å². The standard InChI is InChI=1S/C19H28O8/c1-10-4-5-13-11(2)16(23-15(22)7-6-14(20)21)24-17-19(13)12(10)8-9-18(3,25-17)26-27-19/h10-13,16-17H,4-9H2,1-3H3,(H,20,21)/t10-,11-,12+,13+,16+,17-,18+,19?/m1/s1. The maximum Gasteiger partial charge on any atom is 0.308 e. The number of aliphatic carboxylic acids is 1. The van der Waals surface area contributed by atoms with E-state index >= 15 is 0 Å². The van der Waals surface area contributed by atoms with Gasteiger partial charge < -0.3 is 19.3 Å². The number of hydrogen-bond acceptors (Lipinski definition) is 7. The molecule has 8 atom stereocenters. The van der Waals surface area contributed by atoms with Crippen LogP contribution in [-0.2, 0) is 33.6 Å². The van der Waals surface area contributed by atoms with Crippen LogP contribution in [0.25, 0.3) is 0 Å². The minimum absolute atomic E-state index is 0.0670. The third-order valence-electron chi connectivity index (χ3n) is 6.89. The summed E-state index contributed by atoms with van der Waals surface area (Å²) in [6, 6.07) is 0. The first-order valence-corrected chi connectivity index (χ1v) is 9.86. The highest BCUT2D eigenvalue weighted by Gasteiger charge is 2.69. The highest BCUT2D eigenvalue weighted by Crippen LogP contribution is 2.60. The van der Waals surface area contributed by atoms with E-state index in [4.69, 9.17) is 29.1 Å². The van der Waals surface area contributed by atoms with Gasteiger partial charge in [-0.05, 0) is 38.0 Å². The van der Waals surface area contributed by atoms with Crippen molar-refractivity contribution in [2.75, 3.05) is 0 Å². The Hall–Kier alpha value is -1.22. The molecule has 0 amide bonds. The number of carbonyl (C=O) groups excluding carboxylic acids is 1. The summed E-state index contributed by atoms with van der Waals surface area (Å²) in [5, 5.41) is 8.76. The predicted molar refractivity (Wildman–Crippen MR) is 89.8 cm³/mol. The van der Waals surface area contributed by atoms with Crippen LogP contribution in [0, 0.1) is 23.7 Å². The molecule has 0 aromatic rings. The van der Waals surface area contributed by atoms with Crippen molar-refractivity contribution in [1.29, 1.82) is 0 Å². The minimum atomic E-state index is -1.03. The molecular weight excluding hydrogens is 356 g/mol. The lowest BCUT2D eigenvalue weighted by molar-refractivity contribution is -0.576. The van der Waals surface area contributed by atoms with E-state index in [2.05, 4.69) is 6.92 Å². The number of carboxylic acid groups (broad SMARTS) is 1. The molecule has 27 heavy (non-hydrogen) atoms. The topological polar surface area (TPSA) is 101 Å². The Kier molecular flexibility index (Phi) is 4.73. The molecule has 8 nitrogen and oxygen atoms in total. The molecule has 8 heteroatoms. The van der Waals surface area contributed by atoms with Crippen molar-refractivity contribution in [3.8, 4) is 0 Å². The smallest absolute Gasteiger partial charge is 0.308 e. The summed E-state index contributed by atoms with van der Waals surface area (Å²) in [5.41, 5.74) is -0.697. The number of fused-ring (bicyclic) bond motifs is 2. The molecular formula is C19H28O8. The fraction of sp³-hybridized carbons (Fsp3) is 0.895. The van der Waals surface area contributed by atoms with Crippen LogP contribution in [0.3, 0.4) is 0 Å². The third kappa shape index (κ3) is 3.06. The van der Waals surface area contributed by atoms with Gasteiger partial charge in [-0.15, -0.1) is 0 Å². The van der Waals surface area contributed by atoms with Gasteiger partial charge in [0.25, 0.3) is 0 Å². The van der Waals surface area contributed by atoms with E-state index in [1.807, 2.05) is 13.8 Å².